The van der Waals surface area contributed by atoms with Gasteiger partial charge in [-0.15, -0.1) is 0 Å². The van der Waals surface area contributed by atoms with Gasteiger partial charge in [0.2, 0.25) is 18.2 Å². The van der Waals surface area contributed by atoms with Crippen LogP contribution in [0.5, 0.6) is 0 Å². The Morgan fingerprint density at radius 2 is 1.00 bits per heavy atom. The zero-order chi connectivity index (χ0) is 33.1. The molecule has 0 fully saturated rings. The van der Waals surface area contributed by atoms with E-state index in [-0.39, 0.29) is 40.8 Å². The first kappa shape index (κ1) is 34.1. The molecule has 0 amide bonds. The SMILES string of the molecule is C=C(C)C(=O)OCc1c(C)cc(C)c(C(=O)P(=O)(C(=O)c2c(C)cc(C)c(COC(=O)C(=C)C)c2C)c2ccccc2)c1C. The van der Waals surface area contributed by atoms with E-state index in [1.54, 1.807) is 71.9 Å². The van der Waals surface area contributed by atoms with Crippen LogP contribution in [0.25, 0.3) is 0 Å². The van der Waals surface area contributed by atoms with Crippen molar-refractivity contribution in [3.05, 3.63) is 122 Å². The van der Waals surface area contributed by atoms with Crippen LogP contribution in [0.4, 0.5) is 0 Å². The lowest BCUT2D eigenvalue weighted by molar-refractivity contribution is -0.141. The molecule has 3 aromatic rings. The predicted octanol–water partition coefficient (Wildman–Crippen LogP) is 7.44. The quantitative estimate of drug-likeness (QED) is 0.126. The van der Waals surface area contributed by atoms with Crippen LogP contribution in [0.2, 0.25) is 0 Å². The molecule has 0 heterocycles. The molecule has 0 bridgehead atoms. The number of esters is 2. The van der Waals surface area contributed by atoms with Gasteiger partial charge in [0.25, 0.3) is 0 Å². The minimum Gasteiger partial charge on any atom is -0.457 e. The van der Waals surface area contributed by atoms with Gasteiger partial charge < -0.3 is 14.0 Å². The molecule has 0 radical (unpaired) electrons. The number of ether oxygens (including phenoxy) is 2. The van der Waals surface area contributed by atoms with Crippen molar-refractivity contribution in [3.63, 3.8) is 0 Å². The largest absolute Gasteiger partial charge is 0.457 e. The Balaban J connectivity index is 2.25. The van der Waals surface area contributed by atoms with E-state index in [2.05, 4.69) is 13.2 Å². The Bertz CT molecular complexity index is 1660. The van der Waals surface area contributed by atoms with Crippen LogP contribution >= 0.6 is 7.14 Å². The summed E-state index contributed by atoms with van der Waals surface area (Å²) in [5.74, 6) is -1.14. The number of hydrogen-bond donors (Lipinski definition) is 0. The zero-order valence-corrected chi connectivity index (χ0v) is 27.6. The molecule has 0 spiro atoms. The molecule has 0 N–H and O–H groups in total. The summed E-state index contributed by atoms with van der Waals surface area (Å²) in [7, 11) is -4.50. The second-order valence-electron chi connectivity index (χ2n) is 11.2. The summed E-state index contributed by atoms with van der Waals surface area (Å²) >= 11 is 0. The highest BCUT2D eigenvalue weighted by atomic mass is 31.2. The number of carbonyl (C=O) groups is 4. The van der Waals surface area contributed by atoms with Gasteiger partial charge in [-0.2, -0.15) is 0 Å². The highest BCUT2D eigenvalue weighted by Crippen LogP contribution is 2.53. The van der Waals surface area contributed by atoms with Gasteiger partial charge in [-0.1, -0.05) is 55.6 Å². The average molecular weight is 615 g/mol. The second-order valence-corrected chi connectivity index (χ2v) is 13.8. The molecule has 0 saturated carbocycles. The molecule has 0 unspecified atom stereocenters. The van der Waals surface area contributed by atoms with Crippen molar-refractivity contribution in [1.82, 2.24) is 0 Å². The molecule has 0 aliphatic carbocycles. The minimum atomic E-state index is -4.50. The van der Waals surface area contributed by atoms with Crippen molar-refractivity contribution in [3.8, 4) is 0 Å². The number of rotatable bonds is 11. The third-order valence-corrected chi connectivity index (χ3v) is 10.4. The Kier molecular flexibility index (Phi) is 10.5. The van der Waals surface area contributed by atoms with Crippen molar-refractivity contribution < 1.29 is 33.2 Å². The number of carbonyl (C=O) groups excluding carboxylic acids is 4. The minimum absolute atomic E-state index is 0.110. The fourth-order valence-corrected chi connectivity index (χ4v) is 7.92. The van der Waals surface area contributed by atoms with E-state index in [1.807, 2.05) is 13.8 Å². The van der Waals surface area contributed by atoms with Gasteiger partial charge >= 0.3 is 11.9 Å². The number of benzene rings is 3. The lowest BCUT2D eigenvalue weighted by Crippen LogP contribution is -2.24. The molecular formula is C36H39O7P. The van der Waals surface area contributed by atoms with Crippen molar-refractivity contribution in [2.45, 2.75) is 68.6 Å². The third-order valence-electron chi connectivity index (χ3n) is 7.77. The fraction of sp³-hybridized carbons (Fsp3) is 0.278. The van der Waals surface area contributed by atoms with E-state index >= 15 is 4.57 Å². The van der Waals surface area contributed by atoms with E-state index < -0.39 is 30.1 Å². The van der Waals surface area contributed by atoms with Crippen LogP contribution in [-0.4, -0.2) is 23.0 Å². The average Bonchev–Trinajstić information content (AvgIpc) is 2.95. The smallest absolute Gasteiger partial charge is 0.333 e. The Labute approximate surface area is 259 Å². The molecule has 8 heteroatoms. The summed E-state index contributed by atoms with van der Waals surface area (Å²) in [4.78, 5) is 53.5. The molecule has 0 atom stereocenters. The monoisotopic (exact) mass is 614 g/mol. The molecular weight excluding hydrogens is 575 g/mol. The van der Waals surface area contributed by atoms with E-state index in [9.17, 15) is 19.2 Å². The fourth-order valence-electron chi connectivity index (χ4n) is 5.36. The number of hydrogen-bond acceptors (Lipinski definition) is 7. The van der Waals surface area contributed by atoms with Crippen molar-refractivity contribution in [2.75, 3.05) is 0 Å². The Morgan fingerprint density at radius 1 is 0.636 bits per heavy atom. The first-order chi connectivity index (χ1) is 20.5. The first-order valence-electron chi connectivity index (χ1n) is 14.1. The lowest BCUT2D eigenvalue weighted by atomic mass is 9.94. The summed E-state index contributed by atoms with van der Waals surface area (Å²) in [6.45, 7) is 20.6. The van der Waals surface area contributed by atoms with E-state index in [4.69, 9.17) is 9.47 Å². The van der Waals surface area contributed by atoms with Crippen LogP contribution in [0, 0.1) is 41.5 Å². The molecule has 44 heavy (non-hydrogen) atoms. The first-order valence-corrected chi connectivity index (χ1v) is 15.8. The Hall–Kier alpha value is -4.35. The zero-order valence-electron chi connectivity index (χ0n) is 26.7. The summed E-state index contributed by atoms with van der Waals surface area (Å²) in [6.07, 6.45) is 0. The molecule has 7 nitrogen and oxygen atoms in total. The summed E-state index contributed by atoms with van der Waals surface area (Å²) in [6, 6.07) is 11.6. The maximum absolute atomic E-state index is 15.2. The molecule has 3 aromatic carbocycles. The van der Waals surface area contributed by atoms with Gasteiger partial charge in [0.15, 0.2) is 0 Å². The Morgan fingerprint density at radius 3 is 1.34 bits per heavy atom. The topological polar surface area (TPSA) is 104 Å². The maximum atomic E-state index is 15.2. The standard InChI is InChI=1S/C36H39O7P/c1-20(2)33(37)42-18-29-22(5)16-24(7)31(26(29)9)35(39)44(41,28-14-12-11-13-15-28)36(40)32-25(8)17-23(6)30(27(32)10)19-43-34(38)21(3)4/h11-17H,1,3,18-19H2,2,4-10H3. The second kappa shape index (κ2) is 13.5. The molecule has 230 valence electrons. The van der Waals surface area contributed by atoms with Crippen LogP contribution in [0.1, 0.15) is 79.1 Å². The van der Waals surface area contributed by atoms with E-state index in [0.29, 0.717) is 33.4 Å². The summed E-state index contributed by atoms with van der Waals surface area (Å²) in [5.41, 5.74) is 3.98. The predicted molar refractivity (Wildman–Crippen MR) is 173 cm³/mol. The number of aryl methyl sites for hydroxylation is 4. The normalized spacial score (nSPS) is 11.1. The van der Waals surface area contributed by atoms with Crippen LogP contribution in [0.3, 0.4) is 0 Å². The molecule has 0 saturated heterocycles. The van der Waals surface area contributed by atoms with Crippen molar-refractivity contribution in [2.24, 2.45) is 0 Å². The molecule has 0 aliphatic heterocycles. The van der Waals surface area contributed by atoms with Gasteiger partial charge in [-0.25, -0.2) is 9.59 Å². The molecule has 0 aromatic heterocycles. The van der Waals surface area contributed by atoms with Gasteiger partial charge in [0.05, 0.1) is 0 Å². The summed E-state index contributed by atoms with van der Waals surface area (Å²) in [5, 5.41) is 0.110. The lowest BCUT2D eigenvalue weighted by Gasteiger charge is -2.24. The molecule has 3 rings (SSSR count). The summed E-state index contributed by atoms with van der Waals surface area (Å²) < 4.78 is 26.0. The van der Waals surface area contributed by atoms with Crippen molar-refractivity contribution in [1.29, 1.82) is 0 Å². The highest BCUT2D eigenvalue weighted by molar-refractivity contribution is 8.01. The van der Waals surface area contributed by atoms with Gasteiger partial charge in [-0.05, 0) is 99.9 Å². The third kappa shape index (κ3) is 6.58. The van der Waals surface area contributed by atoms with Gasteiger partial charge in [0.1, 0.15) is 13.2 Å². The van der Waals surface area contributed by atoms with Crippen LogP contribution < -0.4 is 5.30 Å². The van der Waals surface area contributed by atoms with Gasteiger partial charge in [0, 0.05) is 27.6 Å². The molecule has 0 aliphatic rings. The highest BCUT2D eigenvalue weighted by Gasteiger charge is 2.45. The van der Waals surface area contributed by atoms with Gasteiger partial charge in [-0.3, -0.25) is 9.59 Å². The van der Waals surface area contributed by atoms with Crippen LogP contribution in [0.15, 0.2) is 66.8 Å². The van der Waals surface area contributed by atoms with Crippen molar-refractivity contribution >= 4 is 35.4 Å². The van der Waals surface area contributed by atoms with E-state index in [0.717, 1.165) is 11.1 Å². The maximum Gasteiger partial charge on any atom is 0.333 e. The van der Waals surface area contributed by atoms with E-state index in [1.165, 1.54) is 12.1 Å². The van der Waals surface area contributed by atoms with Crippen LogP contribution in [-0.2, 0) is 36.8 Å².